The molecule has 0 aromatic carbocycles. The Balaban J connectivity index is 1.61. The summed E-state index contributed by atoms with van der Waals surface area (Å²) < 4.78 is 12.1. The first kappa shape index (κ1) is 17.7. The summed E-state index contributed by atoms with van der Waals surface area (Å²) in [6.45, 7) is 2.11. The Morgan fingerprint density at radius 3 is 2.83 bits per heavy atom. The molecule has 3 rings (SSSR count). The maximum atomic E-state index is 12.8. The minimum atomic E-state index is -0.795. The van der Waals surface area contributed by atoms with E-state index in [9.17, 15) is 13.8 Å². The highest BCUT2D eigenvalue weighted by Crippen LogP contribution is 2.27. The molecule has 7 heteroatoms. The van der Waals surface area contributed by atoms with Gasteiger partial charge in [0, 0.05) is 33.9 Å². The van der Waals surface area contributed by atoms with Crippen LogP contribution in [0.1, 0.15) is 58.3 Å². The van der Waals surface area contributed by atoms with E-state index in [4.69, 9.17) is 0 Å². The van der Waals surface area contributed by atoms with Crippen molar-refractivity contribution in [3.8, 4) is 0 Å². The monoisotopic (exact) mass is 355 g/mol. The molecule has 2 aliphatic carbocycles. The van der Waals surface area contributed by atoms with E-state index in [1.54, 1.807) is 4.90 Å². The zero-order valence-corrected chi connectivity index (χ0v) is 15.3. The van der Waals surface area contributed by atoms with E-state index in [1.807, 2.05) is 6.92 Å². The SMILES string of the molecule is CCS(=O)C1CCCC(NC(=O)N2CC(=O)NC3CCCCC32)C1. The molecule has 0 bridgehead atoms. The Labute approximate surface area is 146 Å². The van der Waals surface area contributed by atoms with Gasteiger partial charge in [-0.25, -0.2) is 4.79 Å². The van der Waals surface area contributed by atoms with Gasteiger partial charge in [0.25, 0.3) is 0 Å². The summed E-state index contributed by atoms with van der Waals surface area (Å²) in [4.78, 5) is 26.4. The van der Waals surface area contributed by atoms with E-state index < -0.39 is 10.8 Å². The fourth-order valence-electron chi connectivity index (χ4n) is 4.41. The van der Waals surface area contributed by atoms with E-state index in [2.05, 4.69) is 10.6 Å². The van der Waals surface area contributed by atoms with Crippen molar-refractivity contribution < 1.29 is 13.8 Å². The van der Waals surface area contributed by atoms with Crippen molar-refractivity contribution >= 4 is 22.7 Å². The molecule has 3 fully saturated rings. The van der Waals surface area contributed by atoms with Crippen molar-refractivity contribution in [2.45, 2.75) is 81.7 Å². The molecule has 5 unspecified atom stereocenters. The predicted molar refractivity (Wildman–Crippen MR) is 94.2 cm³/mol. The number of carbonyl (C=O) groups is 2. The van der Waals surface area contributed by atoms with Crippen molar-refractivity contribution in [3.63, 3.8) is 0 Å². The van der Waals surface area contributed by atoms with Crippen LogP contribution in [0.4, 0.5) is 4.79 Å². The lowest BCUT2D eigenvalue weighted by Gasteiger charge is -2.44. The lowest BCUT2D eigenvalue weighted by molar-refractivity contribution is -0.126. The highest BCUT2D eigenvalue weighted by molar-refractivity contribution is 7.85. The highest BCUT2D eigenvalue weighted by atomic mass is 32.2. The maximum Gasteiger partial charge on any atom is 0.318 e. The second-order valence-electron chi connectivity index (χ2n) is 7.26. The molecule has 3 amide bonds. The Bertz CT molecular complexity index is 513. The van der Waals surface area contributed by atoms with Crippen LogP contribution < -0.4 is 10.6 Å². The smallest absolute Gasteiger partial charge is 0.318 e. The van der Waals surface area contributed by atoms with Gasteiger partial charge in [0.2, 0.25) is 5.91 Å². The molecule has 0 spiro atoms. The molecule has 1 heterocycles. The molecule has 1 aliphatic heterocycles. The zero-order chi connectivity index (χ0) is 17.1. The van der Waals surface area contributed by atoms with Gasteiger partial charge in [-0.3, -0.25) is 9.00 Å². The van der Waals surface area contributed by atoms with Crippen LogP contribution in [0, 0.1) is 0 Å². The van der Waals surface area contributed by atoms with Crippen molar-refractivity contribution in [1.29, 1.82) is 0 Å². The quantitative estimate of drug-likeness (QED) is 0.806. The Morgan fingerprint density at radius 2 is 2.04 bits per heavy atom. The van der Waals surface area contributed by atoms with E-state index >= 15 is 0 Å². The summed E-state index contributed by atoms with van der Waals surface area (Å²) in [5.41, 5.74) is 0. The number of amides is 3. The molecular weight excluding hydrogens is 326 g/mol. The molecule has 0 aromatic heterocycles. The second-order valence-corrected chi connectivity index (χ2v) is 9.26. The summed E-state index contributed by atoms with van der Waals surface area (Å²) in [5.74, 6) is 0.628. The topological polar surface area (TPSA) is 78.5 Å². The van der Waals surface area contributed by atoms with Gasteiger partial charge in [-0.2, -0.15) is 0 Å². The summed E-state index contributed by atoms with van der Waals surface area (Å²) in [6, 6.07) is 0.200. The van der Waals surface area contributed by atoms with Crippen LogP contribution in [0.5, 0.6) is 0 Å². The number of hydrogen-bond acceptors (Lipinski definition) is 3. The van der Waals surface area contributed by atoms with Gasteiger partial charge in [0.15, 0.2) is 0 Å². The van der Waals surface area contributed by atoms with Crippen LogP contribution in [0.2, 0.25) is 0 Å². The minimum absolute atomic E-state index is 0.0538. The number of fused-ring (bicyclic) bond motifs is 1. The first-order valence-corrected chi connectivity index (χ1v) is 10.7. The number of nitrogens with zero attached hydrogens (tertiary/aromatic N) is 1. The predicted octanol–water partition coefficient (Wildman–Crippen LogP) is 1.52. The van der Waals surface area contributed by atoms with Crippen molar-refractivity contribution in [3.05, 3.63) is 0 Å². The minimum Gasteiger partial charge on any atom is -0.350 e. The number of rotatable bonds is 3. The van der Waals surface area contributed by atoms with Crippen molar-refractivity contribution in [2.24, 2.45) is 0 Å². The third-order valence-corrected chi connectivity index (χ3v) is 7.40. The van der Waals surface area contributed by atoms with Gasteiger partial charge < -0.3 is 15.5 Å². The zero-order valence-electron chi connectivity index (χ0n) is 14.5. The van der Waals surface area contributed by atoms with Crippen LogP contribution in [0.25, 0.3) is 0 Å². The first-order valence-electron chi connectivity index (χ1n) is 9.32. The fraction of sp³-hybridized carbons (Fsp3) is 0.882. The molecule has 1 saturated heterocycles. The number of carbonyl (C=O) groups excluding carboxylic acids is 2. The van der Waals surface area contributed by atoms with Gasteiger partial charge in [-0.05, 0) is 32.1 Å². The fourth-order valence-corrected chi connectivity index (χ4v) is 5.76. The van der Waals surface area contributed by atoms with Crippen LogP contribution in [-0.2, 0) is 15.6 Å². The van der Waals surface area contributed by atoms with Crippen LogP contribution >= 0.6 is 0 Å². The summed E-state index contributed by atoms with van der Waals surface area (Å²) in [6.07, 6.45) is 7.88. The molecule has 2 saturated carbocycles. The molecule has 3 aliphatic rings. The Morgan fingerprint density at radius 1 is 1.25 bits per heavy atom. The van der Waals surface area contributed by atoms with E-state index in [-0.39, 0.29) is 41.9 Å². The Hall–Kier alpha value is -1.11. The van der Waals surface area contributed by atoms with Gasteiger partial charge in [-0.15, -0.1) is 0 Å². The average Bonchev–Trinajstić information content (AvgIpc) is 2.60. The molecule has 2 N–H and O–H groups in total. The van der Waals surface area contributed by atoms with Gasteiger partial charge >= 0.3 is 6.03 Å². The summed E-state index contributed by atoms with van der Waals surface area (Å²) in [5, 5.41) is 6.35. The van der Waals surface area contributed by atoms with Gasteiger partial charge in [0.1, 0.15) is 6.54 Å². The third-order valence-electron chi connectivity index (χ3n) is 5.66. The molecular formula is C17H29N3O3S. The van der Waals surface area contributed by atoms with Crippen LogP contribution in [0.3, 0.4) is 0 Å². The molecule has 0 radical (unpaired) electrons. The largest absolute Gasteiger partial charge is 0.350 e. The molecule has 136 valence electrons. The molecule has 5 atom stereocenters. The number of piperazine rings is 1. The lowest BCUT2D eigenvalue weighted by atomic mass is 9.87. The van der Waals surface area contributed by atoms with E-state index in [1.165, 1.54) is 0 Å². The van der Waals surface area contributed by atoms with Gasteiger partial charge in [0.05, 0.1) is 6.04 Å². The summed E-state index contributed by atoms with van der Waals surface area (Å²) in [7, 11) is -0.795. The van der Waals surface area contributed by atoms with E-state index in [0.29, 0.717) is 5.75 Å². The molecule has 6 nitrogen and oxygen atoms in total. The normalized spacial score (nSPS) is 34.9. The standard InChI is InChI=1S/C17H29N3O3S/c1-2-24(23)13-7-5-6-12(10-13)18-17(22)20-11-16(21)19-14-8-3-4-9-15(14)20/h12-15H,2-11H2,1H3,(H,18,22)(H,19,21). The lowest BCUT2D eigenvalue weighted by Crippen LogP contribution is -2.65. The first-order chi connectivity index (χ1) is 11.6. The van der Waals surface area contributed by atoms with Crippen molar-refractivity contribution in [1.82, 2.24) is 15.5 Å². The molecule has 24 heavy (non-hydrogen) atoms. The van der Waals surface area contributed by atoms with Crippen LogP contribution in [0.15, 0.2) is 0 Å². The second kappa shape index (κ2) is 7.85. The Kier molecular flexibility index (Phi) is 5.79. The molecule has 0 aromatic rings. The average molecular weight is 356 g/mol. The third kappa shape index (κ3) is 3.92. The number of nitrogens with one attached hydrogen (secondary N) is 2. The van der Waals surface area contributed by atoms with Crippen LogP contribution in [-0.4, -0.2) is 56.7 Å². The number of hydrogen-bond donors (Lipinski definition) is 2. The van der Waals surface area contributed by atoms with Crippen molar-refractivity contribution in [2.75, 3.05) is 12.3 Å². The van der Waals surface area contributed by atoms with Gasteiger partial charge in [-0.1, -0.05) is 26.2 Å². The highest BCUT2D eigenvalue weighted by Gasteiger charge is 2.39. The van der Waals surface area contributed by atoms with E-state index in [0.717, 1.165) is 51.4 Å². The maximum absolute atomic E-state index is 12.8. The summed E-state index contributed by atoms with van der Waals surface area (Å²) >= 11 is 0. The number of urea groups is 1.